The molecule has 0 radical (unpaired) electrons. The zero-order chi connectivity index (χ0) is 24.9. The Kier molecular flexibility index (Phi) is 13.0. The zero-order valence-corrected chi connectivity index (χ0v) is 21.5. The van der Waals surface area contributed by atoms with Gasteiger partial charge in [0.05, 0.1) is 4.90 Å². The predicted octanol–water partition coefficient (Wildman–Crippen LogP) is 5.59. The third-order valence-corrected chi connectivity index (χ3v) is 5.82. The third-order valence-electron chi connectivity index (χ3n) is 4.04. The van der Waals surface area contributed by atoms with E-state index in [1.165, 1.54) is 19.1 Å². The maximum Gasteiger partial charge on any atom is 0.241 e. The molecule has 0 unspecified atom stereocenters. The number of carbonyl (C=O) groups is 1. The van der Waals surface area contributed by atoms with E-state index in [2.05, 4.69) is 4.72 Å². The van der Waals surface area contributed by atoms with Crippen molar-refractivity contribution in [3.05, 3.63) is 71.3 Å². The molecule has 2 aromatic rings. The average Bonchev–Trinajstić information content (AvgIpc) is 2.75. The highest BCUT2D eigenvalue weighted by Crippen LogP contribution is 2.30. The first-order valence-corrected chi connectivity index (χ1v) is 12.6. The summed E-state index contributed by atoms with van der Waals surface area (Å²) < 4.78 is 27.7. The molecule has 0 saturated heterocycles. The van der Waals surface area contributed by atoms with Crippen molar-refractivity contribution in [2.45, 2.75) is 72.2 Å². The van der Waals surface area contributed by atoms with Crippen molar-refractivity contribution < 1.29 is 18.3 Å². The van der Waals surface area contributed by atoms with Crippen molar-refractivity contribution in [1.82, 2.24) is 4.72 Å². The highest BCUT2D eigenvalue weighted by molar-refractivity contribution is 7.89. The molecule has 32 heavy (non-hydrogen) atoms. The van der Waals surface area contributed by atoms with Gasteiger partial charge in [-0.3, -0.25) is 4.79 Å². The van der Waals surface area contributed by atoms with E-state index in [9.17, 15) is 18.3 Å². The summed E-state index contributed by atoms with van der Waals surface area (Å²) in [5.74, 6) is -0.126. The van der Waals surface area contributed by atoms with Crippen molar-refractivity contribution >= 4 is 21.4 Å². The zero-order valence-electron chi connectivity index (χ0n) is 20.7. The molecule has 0 heterocycles. The van der Waals surface area contributed by atoms with Gasteiger partial charge < -0.3 is 5.11 Å². The Morgan fingerprint density at radius 2 is 1.34 bits per heavy atom. The Labute approximate surface area is 194 Å². The van der Waals surface area contributed by atoms with Crippen LogP contribution in [0.15, 0.2) is 65.1 Å². The molecule has 0 fully saturated rings. The van der Waals surface area contributed by atoms with Gasteiger partial charge in [0, 0.05) is 17.7 Å². The molecule has 178 valence electrons. The van der Waals surface area contributed by atoms with Crippen LogP contribution in [0.1, 0.15) is 72.9 Å². The topological polar surface area (TPSA) is 83.5 Å². The quantitative estimate of drug-likeness (QED) is 0.527. The van der Waals surface area contributed by atoms with E-state index in [0.29, 0.717) is 11.1 Å². The predicted molar refractivity (Wildman–Crippen MR) is 134 cm³/mol. The Morgan fingerprint density at radius 1 is 0.875 bits per heavy atom. The van der Waals surface area contributed by atoms with Gasteiger partial charge in [-0.2, -0.15) is 0 Å². The highest BCUT2D eigenvalue weighted by atomic mass is 32.2. The van der Waals surface area contributed by atoms with E-state index in [0.717, 1.165) is 11.1 Å². The number of hydrogen-bond donors (Lipinski definition) is 2. The number of benzene rings is 2. The van der Waals surface area contributed by atoms with Crippen LogP contribution in [0.5, 0.6) is 0 Å². The van der Waals surface area contributed by atoms with Gasteiger partial charge in [0.25, 0.3) is 0 Å². The van der Waals surface area contributed by atoms with E-state index in [-0.39, 0.29) is 23.7 Å². The fourth-order valence-electron chi connectivity index (χ4n) is 2.97. The van der Waals surface area contributed by atoms with E-state index in [1.807, 2.05) is 58.0 Å². The SMILES string of the molecule is CC.CC.CC(=O)/C(CCO)=C(\c1ccccc1)c1ccc(S(=O)(=O)NC(C)(C)C)cc1. The molecule has 0 bridgehead atoms. The number of nitrogens with one attached hydrogen (secondary N) is 1. The normalized spacial score (nSPS) is 11.9. The van der Waals surface area contributed by atoms with Gasteiger partial charge in [0.1, 0.15) is 0 Å². The van der Waals surface area contributed by atoms with Crippen LogP contribution in [-0.4, -0.2) is 31.5 Å². The van der Waals surface area contributed by atoms with Crippen LogP contribution in [0.2, 0.25) is 0 Å². The molecule has 0 saturated carbocycles. The van der Waals surface area contributed by atoms with Crippen molar-refractivity contribution in [2.24, 2.45) is 0 Å². The Morgan fingerprint density at radius 3 is 1.75 bits per heavy atom. The minimum Gasteiger partial charge on any atom is -0.396 e. The maximum atomic E-state index is 12.5. The van der Waals surface area contributed by atoms with Crippen LogP contribution in [0.4, 0.5) is 0 Å². The number of rotatable bonds is 7. The van der Waals surface area contributed by atoms with E-state index >= 15 is 0 Å². The molecule has 2 N–H and O–H groups in total. The molecule has 0 aromatic heterocycles. The van der Waals surface area contributed by atoms with Gasteiger partial charge in [-0.1, -0.05) is 70.2 Å². The van der Waals surface area contributed by atoms with Crippen molar-refractivity contribution in [3.8, 4) is 0 Å². The summed E-state index contributed by atoms with van der Waals surface area (Å²) >= 11 is 0. The molecule has 2 rings (SSSR count). The summed E-state index contributed by atoms with van der Waals surface area (Å²) in [6.07, 6.45) is 0.227. The van der Waals surface area contributed by atoms with Gasteiger partial charge in [0.2, 0.25) is 10.0 Å². The van der Waals surface area contributed by atoms with Crippen LogP contribution in [0, 0.1) is 0 Å². The van der Waals surface area contributed by atoms with Gasteiger partial charge in [-0.05, 0) is 62.9 Å². The number of hydrogen-bond acceptors (Lipinski definition) is 4. The number of ketones is 1. The van der Waals surface area contributed by atoms with Crippen LogP contribution in [0.25, 0.3) is 5.57 Å². The molecule has 0 aliphatic carbocycles. The second kappa shape index (κ2) is 14.0. The lowest BCUT2D eigenvalue weighted by Crippen LogP contribution is -2.40. The van der Waals surface area contributed by atoms with Crippen molar-refractivity contribution in [1.29, 1.82) is 0 Å². The highest BCUT2D eigenvalue weighted by Gasteiger charge is 2.22. The lowest BCUT2D eigenvalue weighted by molar-refractivity contribution is -0.113. The number of aliphatic hydroxyl groups is 1. The minimum absolute atomic E-state index is 0.126. The van der Waals surface area contributed by atoms with Crippen LogP contribution >= 0.6 is 0 Å². The summed E-state index contributed by atoms with van der Waals surface area (Å²) in [5.41, 5.74) is 2.19. The molecule has 0 aliphatic heterocycles. The Bertz CT molecular complexity index is 955. The standard InChI is InChI=1S/C22H27NO4S.2C2H6/c1-16(25)20(14-15-24)21(17-8-6-5-7-9-17)18-10-12-19(13-11-18)28(26,27)23-22(2,3)4;2*1-2/h5-13,23-24H,14-15H2,1-4H3;2*1-2H3/b21-20+;;. The molecular formula is C26H39NO4S. The van der Waals surface area contributed by atoms with Gasteiger partial charge in [-0.15, -0.1) is 0 Å². The molecule has 5 nitrogen and oxygen atoms in total. The van der Waals surface area contributed by atoms with Gasteiger partial charge >= 0.3 is 0 Å². The summed E-state index contributed by atoms with van der Waals surface area (Å²) in [7, 11) is -3.64. The first-order valence-electron chi connectivity index (χ1n) is 11.1. The third kappa shape index (κ3) is 9.07. The van der Waals surface area contributed by atoms with Crippen LogP contribution in [0.3, 0.4) is 0 Å². The second-order valence-corrected chi connectivity index (χ2v) is 9.31. The molecular weight excluding hydrogens is 422 g/mol. The van der Waals surface area contributed by atoms with Gasteiger partial charge in [0.15, 0.2) is 5.78 Å². The largest absolute Gasteiger partial charge is 0.396 e. The maximum absolute atomic E-state index is 12.5. The molecule has 2 aromatic carbocycles. The Balaban J connectivity index is 0.00000227. The number of Topliss-reactive ketones (excluding diaryl/α,β-unsaturated/α-hetero) is 1. The fraction of sp³-hybridized carbons (Fsp3) is 0.423. The Hall–Kier alpha value is -2.28. The van der Waals surface area contributed by atoms with E-state index < -0.39 is 15.6 Å². The summed E-state index contributed by atoms with van der Waals surface area (Å²) in [4.78, 5) is 12.4. The average molecular weight is 462 g/mol. The number of carbonyl (C=O) groups excluding carboxylic acids is 1. The summed E-state index contributed by atoms with van der Waals surface area (Å²) in [6, 6.07) is 15.9. The fourth-order valence-corrected chi connectivity index (χ4v) is 4.39. The number of sulfonamides is 1. The monoisotopic (exact) mass is 461 g/mol. The number of aliphatic hydroxyl groups excluding tert-OH is 1. The molecule has 0 spiro atoms. The minimum atomic E-state index is -3.64. The van der Waals surface area contributed by atoms with Gasteiger partial charge in [-0.25, -0.2) is 13.1 Å². The van der Waals surface area contributed by atoms with Crippen molar-refractivity contribution in [3.63, 3.8) is 0 Å². The van der Waals surface area contributed by atoms with E-state index in [4.69, 9.17) is 0 Å². The van der Waals surface area contributed by atoms with Crippen molar-refractivity contribution in [2.75, 3.05) is 6.61 Å². The first-order chi connectivity index (χ1) is 15.0. The summed E-state index contributed by atoms with van der Waals surface area (Å²) in [5, 5.41) is 9.41. The lowest BCUT2D eigenvalue weighted by atomic mass is 9.90. The van der Waals surface area contributed by atoms with E-state index in [1.54, 1.807) is 32.9 Å². The first kappa shape index (κ1) is 29.7. The molecule has 0 atom stereocenters. The molecule has 6 heteroatoms. The van der Waals surface area contributed by atoms with Crippen LogP contribution in [-0.2, 0) is 14.8 Å². The summed E-state index contributed by atoms with van der Waals surface area (Å²) in [6.45, 7) is 14.7. The second-order valence-electron chi connectivity index (χ2n) is 7.63. The molecule has 0 aliphatic rings. The molecule has 0 amide bonds. The smallest absolute Gasteiger partial charge is 0.241 e. The van der Waals surface area contributed by atoms with Crippen LogP contribution < -0.4 is 4.72 Å². The lowest BCUT2D eigenvalue weighted by Gasteiger charge is -2.20.